The molecule has 33 heavy (non-hydrogen) atoms. The first kappa shape index (κ1) is 25.6. The molecule has 1 aromatic heterocycles. The topological polar surface area (TPSA) is 93.5 Å². The van der Waals surface area contributed by atoms with Crippen molar-refractivity contribution in [2.24, 2.45) is 0 Å². The zero-order valence-electron chi connectivity index (χ0n) is 20.4. The maximum absolute atomic E-state index is 13.1. The fraction of sp³-hybridized carbons (Fsp3) is 0.667. The Balaban J connectivity index is 1.84. The van der Waals surface area contributed by atoms with Gasteiger partial charge in [-0.15, -0.1) is 0 Å². The molecule has 1 aromatic carbocycles. The first-order valence-corrected chi connectivity index (χ1v) is 13.5. The number of amides is 1. The van der Waals surface area contributed by atoms with Crippen LogP contribution in [0.5, 0.6) is 0 Å². The lowest BCUT2D eigenvalue weighted by Crippen LogP contribution is -2.43. The Hall–Kier alpha value is -1.97. The number of aryl methyl sites for hydroxylation is 2. The largest absolute Gasteiger partial charge is 0.379 e. The first-order chi connectivity index (χ1) is 15.7. The minimum absolute atomic E-state index is 0.0122. The third kappa shape index (κ3) is 6.33. The molecule has 2 heterocycles. The first-order valence-electron chi connectivity index (χ1n) is 12.1. The Morgan fingerprint density at radius 2 is 1.91 bits per heavy atom. The van der Waals surface area contributed by atoms with E-state index in [9.17, 15) is 13.2 Å². The number of nitrogens with one attached hydrogen (secondary N) is 1. The van der Waals surface area contributed by atoms with Crippen LogP contribution in [0.25, 0.3) is 11.0 Å². The highest BCUT2D eigenvalue weighted by atomic mass is 32.2. The van der Waals surface area contributed by atoms with Gasteiger partial charge in [0.25, 0.3) is 0 Å². The monoisotopic (exact) mass is 478 g/mol. The SMILES string of the molecule is CCCCn1c(CCC(=O)NC(C)(C)CCC)nc2cc(S(=O)(=O)N3CCOCC3)ccc21. The van der Waals surface area contributed by atoms with Crippen LogP contribution in [0.15, 0.2) is 23.1 Å². The summed E-state index contributed by atoms with van der Waals surface area (Å²) in [5.74, 6) is 0.834. The number of benzene rings is 1. The molecule has 0 atom stereocenters. The molecule has 9 heteroatoms. The van der Waals surface area contributed by atoms with E-state index in [0.29, 0.717) is 44.7 Å². The van der Waals surface area contributed by atoms with E-state index in [1.165, 1.54) is 4.31 Å². The molecule has 2 aromatic rings. The fourth-order valence-electron chi connectivity index (χ4n) is 4.37. The van der Waals surface area contributed by atoms with Gasteiger partial charge in [-0.3, -0.25) is 4.79 Å². The molecule has 1 aliphatic heterocycles. The van der Waals surface area contributed by atoms with Gasteiger partial charge < -0.3 is 14.6 Å². The number of aromatic nitrogens is 2. The smallest absolute Gasteiger partial charge is 0.243 e. The number of ether oxygens (including phenoxy) is 1. The number of hydrogen-bond donors (Lipinski definition) is 1. The van der Waals surface area contributed by atoms with Crippen LogP contribution in [0.4, 0.5) is 0 Å². The van der Waals surface area contributed by atoms with Gasteiger partial charge in [-0.05, 0) is 44.9 Å². The van der Waals surface area contributed by atoms with Crippen LogP contribution in [0, 0.1) is 0 Å². The molecule has 1 saturated heterocycles. The Labute approximate surface area is 197 Å². The van der Waals surface area contributed by atoms with Crippen LogP contribution in [-0.2, 0) is 32.5 Å². The number of sulfonamides is 1. The van der Waals surface area contributed by atoms with Gasteiger partial charge in [-0.25, -0.2) is 13.4 Å². The van der Waals surface area contributed by atoms with Crippen molar-refractivity contribution in [1.29, 1.82) is 0 Å². The molecule has 1 aliphatic rings. The second-order valence-electron chi connectivity index (χ2n) is 9.38. The Bertz CT molecular complexity index is 1060. The van der Waals surface area contributed by atoms with E-state index in [4.69, 9.17) is 9.72 Å². The van der Waals surface area contributed by atoms with E-state index in [1.807, 2.05) is 19.9 Å². The molecule has 0 saturated carbocycles. The second-order valence-corrected chi connectivity index (χ2v) is 11.3. The molecule has 0 aliphatic carbocycles. The molecule has 1 N–H and O–H groups in total. The maximum Gasteiger partial charge on any atom is 0.243 e. The van der Waals surface area contributed by atoms with E-state index < -0.39 is 10.0 Å². The van der Waals surface area contributed by atoms with Crippen LogP contribution in [0.2, 0.25) is 0 Å². The summed E-state index contributed by atoms with van der Waals surface area (Å²) < 4.78 is 35.1. The van der Waals surface area contributed by atoms with Gasteiger partial charge >= 0.3 is 0 Å². The van der Waals surface area contributed by atoms with Gasteiger partial charge in [0.05, 0.1) is 29.1 Å². The van der Waals surface area contributed by atoms with E-state index in [1.54, 1.807) is 12.1 Å². The third-order valence-electron chi connectivity index (χ3n) is 6.07. The van der Waals surface area contributed by atoms with Crippen molar-refractivity contribution in [1.82, 2.24) is 19.2 Å². The molecule has 1 fully saturated rings. The molecule has 0 spiro atoms. The normalized spacial score (nSPS) is 15.8. The van der Waals surface area contributed by atoms with Crippen molar-refractivity contribution >= 4 is 27.0 Å². The average Bonchev–Trinajstić information content (AvgIpc) is 3.13. The van der Waals surface area contributed by atoms with Crippen LogP contribution in [0.1, 0.15) is 65.6 Å². The average molecular weight is 479 g/mol. The van der Waals surface area contributed by atoms with Gasteiger partial charge in [0.15, 0.2) is 0 Å². The van der Waals surface area contributed by atoms with Crippen molar-refractivity contribution in [3.05, 3.63) is 24.0 Å². The highest BCUT2D eigenvalue weighted by Gasteiger charge is 2.27. The van der Waals surface area contributed by atoms with Gasteiger partial charge in [0.2, 0.25) is 15.9 Å². The van der Waals surface area contributed by atoms with E-state index in [2.05, 4.69) is 23.7 Å². The van der Waals surface area contributed by atoms with Crippen molar-refractivity contribution in [3.63, 3.8) is 0 Å². The van der Waals surface area contributed by atoms with Crippen LogP contribution in [0.3, 0.4) is 0 Å². The van der Waals surface area contributed by atoms with E-state index in [-0.39, 0.29) is 16.3 Å². The Kier molecular flexibility index (Phi) is 8.53. The number of morpholine rings is 1. The zero-order valence-corrected chi connectivity index (χ0v) is 21.2. The van der Waals surface area contributed by atoms with Crippen molar-refractivity contribution in [2.75, 3.05) is 26.3 Å². The zero-order chi connectivity index (χ0) is 24.1. The molecular weight excluding hydrogens is 440 g/mol. The quantitative estimate of drug-likeness (QED) is 0.534. The summed E-state index contributed by atoms with van der Waals surface area (Å²) >= 11 is 0. The molecule has 0 bridgehead atoms. The number of rotatable bonds is 11. The number of nitrogens with zero attached hydrogens (tertiary/aromatic N) is 3. The summed E-state index contributed by atoms with van der Waals surface area (Å²) in [6, 6.07) is 5.18. The van der Waals surface area contributed by atoms with Crippen molar-refractivity contribution < 1.29 is 17.9 Å². The van der Waals surface area contributed by atoms with Gasteiger partial charge in [0.1, 0.15) is 5.82 Å². The van der Waals surface area contributed by atoms with Gasteiger partial charge in [-0.1, -0.05) is 26.7 Å². The molecule has 3 rings (SSSR count). The minimum Gasteiger partial charge on any atom is -0.379 e. The lowest BCUT2D eigenvalue weighted by Gasteiger charge is -2.26. The van der Waals surface area contributed by atoms with Crippen molar-refractivity contribution in [2.45, 2.75) is 83.2 Å². The summed E-state index contributed by atoms with van der Waals surface area (Å²) in [5.41, 5.74) is 1.34. The van der Waals surface area contributed by atoms with Gasteiger partial charge in [0, 0.05) is 38.0 Å². The van der Waals surface area contributed by atoms with Crippen LogP contribution in [-0.4, -0.2) is 60.0 Å². The summed E-state index contributed by atoms with van der Waals surface area (Å²) in [6.07, 6.45) is 4.82. The molecule has 184 valence electrons. The van der Waals surface area contributed by atoms with Crippen LogP contribution < -0.4 is 5.32 Å². The number of carbonyl (C=O) groups excluding carboxylic acids is 1. The summed E-state index contributed by atoms with van der Waals surface area (Å²) in [4.78, 5) is 17.6. The van der Waals surface area contributed by atoms with Gasteiger partial charge in [-0.2, -0.15) is 4.31 Å². The third-order valence-corrected chi connectivity index (χ3v) is 7.96. The molecule has 0 unspecified atom stereocenters. The number of unbranched alkanes of at least 4 members (excludes halogenated alkanes) is 1. The molecule has 0 radical (unpaired) electrons. The predicted molar refractivity (Wildman–Crippen MR) is 130 cm³/mol. The molecular formula is C24H38N4O4S. The predicted octanol–water partition coefficient (Wildman–Crippen LogP) is 3.48. The fourth-order valence-corrected chi connectivity index (χ4v) is 5.79. The molecule has 1 amide bonds. The minimum atomic E-state index is -3.59. The number of imidazole rings is 1. The summed E-state index contributed by atoms with van der Waals surface area (Å²) in [5, 5.41) is 3.12. The molecule has 8 nitrogen and oxygen atoms in total. The number of carbonyl (C=O) groups is 1. The van der Waals surface area contributed by atoms with E-state index >= 15 is 0 Å². The summed E-state index contributed by atoms with van der Waals surface area (Å²) in [6.45, 7) is 10.7. The maximum atomic E-state index is 13.1. The standard InChI is InChI=1S/C24H38N4O4S/c1-5-7-13-28-21-9-8-19(33(30,31)27-14-16-32-17-15-27)18-20(21)25-22(28)10-11-23(29)26-24(3,4)12-6-2/h8-9,18H,5-7,10-17H2,1-4H3,(H,26,29). The Morgan fingerprint density at radius 1 is 1.18 bits per heavy atom. The number of fused-ring (bicyclic) bond motifs is 1. The highest BCUT2D eigenvalue weighted by molar-refractivity contribution is 7.89. The van der Waals surface area contributed by atoms with Crippen LogP contribution >= 0.6 is 0 Å². The highest BCUT2D eigenvalue weighted by Crippen LogP contribution is 2.25. The number of hydrogen-bond acceptors (Lipinski definition) is 5. The summed E-state index contributed by atoms with van der Waals surface area (Å²) in [7, 11) is -3.59. The second kappa shape index (κ2) is 11.0. The lowest BCUT2D eigenvalue weighted by molar-refractivity contribution is -0.122. The lowest BCUT2D eigenvalue weighted by atomic mass is 9.98. The van der Waals surface area contributed by atoms with E-state index in [0.717, 1.165) is 43.6 Å². The Morgan fingerprint density at radius 3 is 2.58 bits per heavy atom. The van der Waals surface area contributed by atoms with Crippen molar-refractivity contribution in [3.8, 4) is 0 Å².